The molecule has 8 nitrogen and oxygen atoms in total. The van der Waals surface area contributed by atoms with Crippen molar-refractivity contribution in [3.8, 4) is 0 Å². The zero-order valence-corrected chi connectivity index (χ0v) is 16.1. The van der Waals surface area contributed by atoms with Gasteiger partial charge in [-0.1, -0.05) is 13.8 Å². The van der Waals surface area contributed by atoms with Gasteiger partial charge >= 0.3 is 5.69 Å². The van der Waals surface area contributed by atoms with Crippen LogP contribution in [0, 0.1) is 5.92 Å². The Morgan fingerprint density at radius 1 is 1.30 bits per heavy atom. The number of aromatic amines is 1. The largest absolute Gasteiger partial charge is 0.348 e. The van der Waals surface area contributed by atoms with Crippen LogP contribution in [-0.2, 0) is 32.4 Å². The van der Waals surface area contributed by atoms with E-state index in [4.69, 9.17) is 0 Å². The van der Waals surface area contributed by atoms with E-state index in [9.17, 15) is 9.59 Å². The summed E-state index contributed by atoms with van der Waals surface area (Å²) in [6.07, 6.45) is 6.15. The number of aryl methyl sites for hydroxylation is 3. The van der Waals surface area contributed by atoms with Crippen molar-refractivity contribution in [2.45, 2.75) is 77.9 Å². The standard InChI is InChI=1S/C19H28N6O2/c1-12(2)8-11-25-19(27)24-10-9-13(6-7-16(24)23-25)20-18(26)17-14-4-3-5-15(14)21-22-17/h12-13H,3-11H2,1-2H3,(H,20,26)(H,21,22). The quantitative estimate of drug-likeness (QED) is 0.830. The maximum Gasteiger partial charge on any atom is 0.345 e. The van der Waals surface area contributed by atoms with Crippen molar-refractivity contribution in [3.05, 3.63) is 33.3 Å². The third kappa shape index (κ3) is 3.57. The average Bonchev–Trinajstić information content (AvgIpc) is 3.27. The molecule has 1 atom stereocenters. The number of fused-ring (bicyclic) bond motifs is 2. The summed E-state index contributed by atoms with van der Waals surface area (Å²) >= 11 is 0. The van der Waals surface area contributed by atoms with E-state index in [0.29, 0.717) is 31.1 Å². The van der Waals surface area contributed by atoms with E-state index in [1.54, 1.807) is 9.25 Å². The molecule has 2 N–H and O–H groups in total. The summed E-state index contributed by atoms with van der Waals surface area (Å²) in [5, 5.41) is 14.8. The summed E-state index contributed by atoms with van der Waals surface area (Å²) in [7, 11) is 0. The molecule has 0 saturated heterocycles. The van der Waals surface area contributed by atoms with E-state index in [2.05, 4.69) is 34.5 Å². The molecule has 0 saturated carbocycles. The molecule has 0 aromatic carbocycles. The molecule has 0 bridgehead atoms. The number of H-pyrrole nitrogens is 1. The van der Waals surface area contributed by atoms with Crippen molar-refractivity contribution >= 4 is 5.91 Å². The highest BCUT2D eigenvalue weighted by Gasteiger charge is 2.26. The minimum absolute atomic E-state index is 0.0252. The molecule has 4 rings (SSSR count). The first-order valence-electron chi connectivity index (χ1n) is 10.1. The third-order valence-corrected chi connectivity index (χ3v) is 5.69. The molecular weight excluding hydrogens is 344 g/mol. The number of carbonyl (C=O) groups is 1. The summed E-state index contributed by atoms with van der Waals surface area (Å²) in [5.74, 6) is 1.27. The fourth-order valence-corrected chi connectivity index (χ4v) is 4.06. The number of nitrogens with zero attached hydrogens (tertiary/aromatic N) is 4. The van der Waals surface area contributed by atoms with Gasteiger partial charge in [-0.25, -0.2) is 9.48 Å². The number of amides is 1. The van der Waals surface area contributed by atoms with Crippen LogP contribution in [0.3, 0.4) is 0 Å². The fourth-order valence-electron chi connectivity index (χ4n) is 4.06. The molecule has 2 aliphatic rings. The predicted molar refractivity (Wildman–Crippen MR) is 101 cm³/mol. The molecule has 0 spiro atoms. The van der Waals surface area contributed by atoms with Crippen molar-refractivity contribution in [2.75, 3.05) is 0 Å². The van der Waals surface area contributed by atoms with Crippen molar-refractivity contribution in [1.82, 2.24) is 29.9 Å². The molecule has 3 heterocycles. The van der Waals surface area contributed by atoms with Gasteiger partial charge in [0.15, 0.2) is 5.69 Å². The molecule has 1 aliphatic carbocycles. The van der Waals surface area contributed by atoms with Crippen LogP contribution in [0.5, 0.6) is 0 Å². The predicted octanol–water partition coefficient (Wildman–Crippen LogP) is 1.44. The first-order valence-corrected chi connectivity index (χ1v) is 10.1. The molecule has 2 aromatic heterocycles. The van der Waals surface area contributed by atoms with Gasteiger partial charge in [0, 0.05) is 36.8 Å². The molecule has 0 radical (unpaired) electrons. The van der Waals surface area contributed by atoms with Gasteiger partial charge < -0.3 is 5.32 Å². The number of hydrogen-bond acceptors (Lipinski definition) is 4. The monoisotopic (exact) mass is 372 g/mol. The highest BCUT2D eigenvalue weighted by atomic mass is 16.2. The van der Waals surface area contributed by atoms with Crippen LogP contribution in [0.15, 0.2) is 4.79 Å². The Bertz CT molecular complexity index is 891. The maximum absolute atomic E-state index is 12.6. The molecule has 2 aromatic rings. The zero-order chi connectivity index (χ0) is 19.0. The van der Waals surface area contributed by atoms with Gasteiger partial charge in [0.25, 0.3) is 5.91 Å². The highest BCUT2D eigenvalue weighted by Crippen LogP contribution is 2.23. The lowest BCUT2D eigenvalue weighted by atomic mass is 10.1. The van der Waals surface area contributed by atoms with Crippen LogP contribution < -0.4 is 11.0 Å². The topological polar surface area (TPSA) is 97.6 Å². The smallest absolute Gasteiger partial charge is 0.345 e. The van der Waals surface area contributed by atoms with Gasteiger partial charge in [-0.15, -0.1) is 0 Å². The summed E-state index contributed by atoms with van der Waals surface area (Å²) in [5.41, 5.74) is 2.69. The lowest BCUT2D eigenvalue weighted by Crippen LogP contribution is -2.36. The second-order valence-corrected chi connectivity index (χ2v) is 8.14. The molecule has 8 heteroatoms. The minimum Gasteiger partial charge on any atom is -0.348 e. The Morgan fingerprint density at radius 2 is 2.15 bits per heavy atom. The van der Waals surface area contributed by atoms with E-state index in [1.165, 1.54) is 0 Å². The van der Waals surface area contributed by atoms with E-state index in [0.717, 1.165) is 55.6 Å². The second-order valence-electron chi connectivity index (χ2n) is 8.14. The Morgan fingerprint density at radius 3 is 2.96 bits per heavy atom. The van der Waals surface area contributed by atoms with Gasteiger partial charge in [-0.2, -0.15) is 10.2 Å². The molecule has 27 heavy (non-hydrogen) atoms. The van der Waals surface area contributed by atoms with Crippen molar-refractivity contribution in [3.63, 3.8) is 0 Å². The Balaban J connectivity index is 1.40. The van der Waals surface area contributed by atoms with Crippen LogP contribution in [0.2, 0.25) is 0 Å². The Labute approximate surface area is 158 Å². The molecule has 1 aliphatic heterocycles. The van der Waals surface area contributed by atoms with Crippen LogP contribution in [0.1, 0.15) is 67.1 Å². The van der Waals surface area contributed by atoms with Gasteiger partial charge in [-0.3, -0.25) is 14.5 Å². The summed E-state index contributed by atoms with van der Waals surface area (Å²) in [6.45, 7) is 5.56. The van der Waals surface area contributed by atoms with Crippen LogP contribution >= 0.6 is 0 Å². The second kappa shape index (κ2) is 7.32. The molecule has 1 amide bonds. The van der Waals surface area contributed by atoms with E-state index < -0.39 is 0 Å². The van der Waals surface area contributed by atoms with Crippen molar-refractivity contribution in [2.24, 2.45) is 5.92 Å². The minimum atomic E-state index is -0.103. The third-order valence-electron chi connectivity index (χ3n) is 5.69. The molecule has 0 fully saturated rings. The van der Waals surface area contributed by atoms with Crippen molar-refractivity contribution < 1.29 is 4.79 Å². The fraction of sp³-hybridized carbons (Fsp3) is 0.684. The molecule has 146 valence electrons. The lowest BCUT2D eigenvalue weighted by molar-refractivity contribution is 0.0927. The van der Waals surface area contributed by atoms with Crippen LogP contribution in [-0.4, -0.2) is 36.5 Å². The number of aromatic nitrogens is 5. The first kappa shape index (κ1) is 18.0. The van der Waals surface area contributed by atoms with Gasteiger partial charge in [-0.05, 0) is 44.4 Å². The number of rotatable bonds is 5. The van der Waals surface area contributed by atoms with Gasteiger partial charge in [0.2, 0.25) is 0 Å². The first-order chi connectivity index (χ1) is 13.0. The maximum atomic E-state index is 12.6. The van der Waals surface area contributed by atoms with E-state index in [-0.39, 0.29) is 17.6 Å². The normalized spacial score (nSPS) is 19.0. The number of nitrogens with one attached hydrogen (secondary N) is 2. The molecule has 1 unspecified atom stereocenters. The van der Waals surface area contributed by atoms with Crippen LogP contribution in [0.25, 0.3) is 0 Å². The average molecular weight is 372 g/mol. The lowest BCUT2D eigenvalue weighted by Gasteiger charge is -2.15. The summed E-state index contributed by atoms with van der Waals surface area (Å²) in [6, 6.07) is 0.0384. The highest BCUT2D eigenvalue weighted by molar-refractivity contribution is 5.94. The molecular formula is C19H28N6O2. The van der Waals surface area contributed by atoms with Gasteiger partial charge in [0.05, 0.1) is 0 Å². The van der Waals surface area contributed by atoms with E-state index >= 15 is 0 Å². The van der Waals surface area contributed by atoms with E-state index in [1.807, 2.05) is 0 Å². The summed E-state index contributed by atoms with van der Waals surface area (Å²) in [4.78, 5) is 25.2. The number of hydrogen-bond donors (Lipinski definition) is 2. The summed E-state index contributed by atoms with van der Waals surface area (Å²) < 4.78 is 3.37. The Hall–Kier alpha value is -2.38. The zero-order valence-electron chi connectivity index (χ0n) is 16.1. The van der Waals surface area contributed by atoms with Gasteiger partial charge in [0.1, 0.15) is 5.82 Å². The number of carbonyl (C=O) groups excluding carboxylic acids is 1. The van der Waals surface area contributed by atoms with Crippen molar-refractivity contribution in [1.29, 1.82) is 0 Å². The Kier molecular flexibility index (Phi) is 4.88. The SMILES string of the molecule is CC(C)CCn1nc2n(c1=O)CCC(NC(=O)c1n[nH]c3c1CCC3)CC2. The van der Waals surface area contributed by atoms with Crippen LogP contribution in [0.4, 0.5) is 0 Å².